The van der Waals surface area contributed by atoms with Gasteiger partial charge in [0.1, 0.15) is 5.69 Å². The molecule has 0 aromatic heterocycles. The fourth-order valence-electron chi connectivity index (χ4n) is 3.00. The molecule has 7 heteroatoms. The van der Waals surface area contributed by atoms with Gasteiger partial charge in [0.2, 0.25) is 0 Å². The molecule has 1 aliphatic rings. The Morgan fingerprint density at radius 2 is 1.60 bits per heavy atom. The van der Waals surface area contributed by atoms with Crippen molar-refractivity contribution in [2.45, 2.75) is 6.10 Å². The zero-order chi connectivity index (χ0) is 17.8. The number of anilines is 1. The Balaban J connectivity index is 1.66. The van der Waals surface area contributed by atoms with E-state index in [2.05, 4.69) is 0 Å². The summed E-state index contributed by atoms with van der Waals surface area (Å²) in [5.74, 6) is -0.339. The number of benzene rings is 2. The summed E-state index contributed by atoms with van der Waals surface area (Å²) in [6, 6.07) is 15.4. The zero-order valence-corrected chi connectivity index (χ0v) is 13.6. The second kappa shape index (κ2) is 7.31. The van der Waals surface area contributed by atoms with Gasteiger partial charge in [-0.2, -0.15) is 0 Å². The molecule has 3 rings (SSSR count). The highest BCUT2D eigenvalue weighted by Gasteiger charge is 2.29. The van der Waals surface area contributed by atoms with Crippen molar-refractivity contribution in [2.75, 3.05) is 31.1 Å². The fourth-order valence-corrected chi connectivity index (χ4v) is 3.00. The largest absolute Gasteiger partial charge is 0.378 e. The molecule has 1 atom stereocenters. The molecule has 1 aliphatic heterocycles. The Bertz CT molecular complexity index is 758. The van der Waals surface area contributed by atoms with Crippen LogP contribution in [0.15, 0.2) is 54.6 Å². The van der Waals surface area contributed by atoms with Crippen LogP contribution in [0.3, 0.4) is 0 Å². The summed E-state index contributed by atoms with van der Waals surface area (Å²) in [6.45, 7) is 1.79. The van der Waals surface area contributed by atoms with Gasteiger partial charge in [-0.25, -0.2) is 0 Å². The number of aliphatic hydroxyl groups excluding tert-OH is 1. The van der Waals surface area contributed by atoms with Crippen molar-refractivity contribution < 1.29 is 14.8 Å². The van der Waals surface area contributed by atoms with E-state index < -0.39 is 11.0 Å². The van der Waals surface area contributed by atoms with Gasteiger partial charge in [0.25, 0.3) is 11.6 Å². The van der Waals surface area contributed by atoms with Crippen molar-refractivity contribution in [1.29, 1.82) is 0 Å². The lowest BCUT2D eigenvalue weighted by molar-refractivity contribution is -0.384. The molecule has 130 valence electrons. The molecule has 0 saturated carbocycles. The molecule has 0 aliphatic carbocycles. The third-order valence-electron chi connectivity index (χ3n) is 4.36. The van der Waals surface area contributed by atoms with Gasteiger partial charge < -0.3 is 14.9 Å². The summed E-state index contributed by atoms with van der Waals surface area (Å²) in [7, 11) is 0. The van der Waals surface area contributed by atoms with Gasteiger partial charge in [-0.3, -0.25) is 14.9 Å². The molecule has 1 unspecified atom stereocenters. The number of nitro benzene ring substituents is 1. The average molecular weight is 341 g/mol. The molecule has 0 bridgehead atoms. The topological polar surface area (TPSA) is 86.9 Å². The number of amides is 1. The van der Waals surface area contributed by atoms with Crippen molar-refractivity contribution in [3.05, 3.63) is 70.3 Å². The van der Waals surface area contributed by atoms with Gasteiger partial charge in [0.05, 0.1) is 4.92 Å². The standard InChI is InChI=1S/C18H19N3O4/c22-17(14-6-2-1-3-7-14)18(23)20-12-10-19(11-13-20)15-8-4-5-9-16(15)21(24)25/h1-9,17,22H,10-13H2. The fraction of sp³-hybridized carbons (Fsp3) is 0.278. The zero-order valence-electron chi connectivity index (χ0n) is 13.6. The lowest BCUT2D eigenvalue weighted by Crippen LogP contribution is -2.50. The number of rotatable bonds is 4. The molecule has 1 heterocycles. The van der Waals surface area contributed by atoms with Crippen LogP contribution in [0, 0.1) is 10.1 Å². The molecule has 0 spiro atoms. The molecule has 1 amide bonds. The molecule has 0 radical (unpaired) electrons. The van der Waals surface area contributed by atoms with Crippen LogP contribution in [0.5, 0.6) is 0 Å². The molecule has 7 nitrogen and oxygen atoms in total. The SMILES string of the molecule is O=C(C(O)c1ccccc1)N1CCN(c2ccccc2[N+](=O)[O-])CC1. The number of para-hydroxylation sites is 2. The van der Waals surface area contributed by atoms with Gasteiger partial charge in [-0.15, -0.1) is 0 Å². The molecule has 2 aromatic rings. The van der Waals surface area contributed by atoms with Crippen LogP contribution in [0.2, 0.25) is 0 Å². The van der Waals surface area contributed by atoms with Crippen molar-refractivity contribution >= 4 is 17.3 Å². The number of hydrogen-bond acceptors (Lipinski definition) is 5. The van der Waals surface area contributed by atoms with E-state index in [-0.39, 0.29) is 11.6 Å². The highest BCUT2D eigenvalue weighted by Crippen LogP contribution is 2.28. The molecule has 2 aromatic carbocycles. The third kappa shape index (κ3) is 3.61. The maximum atomic E-state index is 12.5. The predicted molar refractivity (Wildman–Crippen MR) is 93.3 cm³/mol. The van der Waals surface area contributed by atoms with Crippen molar-refractivity contribution in [1.82, 2.24) is 4.90 Å². The number of hydrogen-bond donors (Lipinski definition) is 1. The molecule has 25 heavy (non-hydrogen) atoms. The van der Waals surface area contributed by atoms with Crippen molar-refractivity contribution in [3.63, 3.8) is 0 Å². The number of piperazine rings is 1. The maximum Gasteiger partial charge on any atom is 0.292 e. The first-order chi connectivity index (χ1) is 12.1. The van der Waals surface area contributed by atoms with E-state index in [1.54, 1.807) is 47.4 Å². The number of aliphatic hydroxyl groups is 1. The summed E-state index contributed by atoms with van der Waals surface area (Å²) in [5.41, 5.74) is 1.18. The smallest absolute Gasteiger partial charge is 0.292 e. The van der Waals surface area contributed by atoms with Crippen LogP contribution in [0.4, 0.5) is 11.4 Å². The lowest BCUT2D eigenvalue weighted by atomic mass is 10.1. The highest BCUT2D eigenvalue weighted by molar-refractivity contribution is 5.82. The van der Waals surface area contributed by atoms with E-state index in [0.717, 1.165) is 0 Å². The first-order valence-electron chi connectivity index (χ1n) is 8.08. The van der Waals surface area contributed by atoms with Crippen LogP contribution in [-0.4, -0.2) is 47.0 Å². The van der Waals surface area contributed by atoms with E-state index in [4.69, 9.17) is 0 Å². The molecule has 1 N–H and O–H groups in total. The Hall–Kier alpha value is -2.93. The number of nitro groups is 1. The normalized spacial score (nSPS) is 15.7. The third-order valence-corrected chi connectivity index (χ3v) is 4.36. The highest BCUT2D eigenvalue weighted by atomic mass is 16.6. The van der Waals surface area contributed by atoms with E-state index in [9.17, 15) is 20.0 Å². The first-order valence-corrected chi connectivity index (χ1v) is 8.08. The summed E-state index contributed by atoms with van der Waals surface area (Å²) in [5, 5.41) is 21.4. The minimum absolute atomic E-state index is 0.0617. The quantitative estimate of drug-likeness (QED) is 0.679. The Morgan fingerprint density at radius 1 is 1.00 bits per heavy atom. The van der Waals surface area contributed by atoms with Crippen molar-refractivity contribution in [3.8, 4) is 0 Å². The molecule has 1 saturated heterocycles. The number of carbonyl (C=O) groups is 1. The second-order valence-corrected chi connectivity index (χ2v) is 5.87. The van der Waals surface area contributed by atoms with Gasteiger partial charge in [-0.05, 0) is 11.6 Å². The Kier molecular flexibility index (Phi) is 4.95. The monoisotopic (exact) mass is 341 g/mol. The van der Waals surface area contributed by atoms with Crippen molar-refractivity contribution in [2.24, 2.45) is 0 Å². The lowest BCUT2D eigenvalue weighted by Gasteiger charge is -2.36. The summed E-state index contributed by atoms with van der Waals surface area (Å²) in [4.78, 5) is 26.7. The Morgan fingerprint density at radius 3 is 2.24 bits per heavy atom. The number of carbonyl (C=O) groups excluding carboxylic acids is 1. The van der Waals surface area contributed by atoms with E-state index in [1.807, 2.05) is 11.0 Å². The van der Waals surface area contributed by atoms with Crippen LogP contribution in [0.25, 0.3) is 0 Å². The average Bonchev–Trinajstić information content (AvgIpc) is 2.67. The van der Waals surface area contributed by atoms with Gasteiger partial charge >= 0.3 is 0 Å². The van der Waals surface area contributed by atoms with E-state index in [0.29, 0.717) is 37.4 Å². The van der Waals surface area contributed by atoms with E-state index in [1.165, 1.54) is 6.07 Å². The summed E-state index contributed by atoms with van der Waals surface area (Å²) >= 11 is 0. The van der Waals surface area contributed by atoms with Crippen LogP contribution in [-0.2, 0) is 4.79 Å². The number of nitrogens with zero attached hydrogens (tertiary/aromatic N) is 3. The maximum absolute atomic E-state index is 12.5. The molecular formula is C18H19N3O4. The summed E-state index contributed by atoms with van der Waals surface area (Å²) in [6.07, 6.45) is -1.18. The van der Waals surface area contributed by atoms with Gasteiger partial charge in [-0.1, -0.05) is 42.5 Å². The minimum Gasteiger partial charge on any atom is -0.378 e. The van der Waals surface area contributed by atoms with Crippen LogP contribution in [0.1, 0.15) is 11.7 Å². The van der Waals surface area contributed by atoms with Gasteiger partial charge in [0, 0.05) is 32.2 Å². The van der Waals surface area contributed by atoms with Crippen LogP contribution >= 0.6 is 0 Å². The van der Waals surface area contributed by atoms with Crippen LogP contribution < -0.4 is 4.90 Å². The Labute approximate surface area is 145 Å². The summed E-state index contributed by atoms with van der Waals surface area (Å²) < 4.78 is 0. The minimum atomic E-state index is -1.18. The molecule has 1 fully saturated rings. The predicted octanol–water partition coefficient (Wildman–Crippen LogP) is 1.98. The first kappa shape index (κ1) is 16.9. The van der Waals surface area contributed by atoms with E-state index >= 15 is 0 Å². The van der Waals surface area contributed by atoms with Gasteiger partial charge in [0.15, 0.2) is 6.10 Å². The molecular weight excluding hydrogens is 322 g/mol. The second-order valence-electron chi connectivity index (χ2n) is 5.87.